The minimum atomic E-state index is 0.224. The molecule has 1 fully saturated rings. The van der Waals surface area contributed by atoms with Crippen molar-refractivity contribution in [2.45, 2.75) is 13.3 Å². The maximum Gasteiger partial charge on any atom is 0.138 e. The molecule has 1 saturated heterocycles. The van der Waals surface area contributed by atoms with Gasteiger partial charge in [-0.05, 0) is 0 Å². The maximum atomic E-state index is 11.3. The summed E-state index contributed by atoms with van der Waals surface area (Å²) in [6.45, 7) is 4.93. The molecule has 1 aliphatic rings. The van der Waals surface area contributed by atoms with Crippen LogP contribution in [0.15, 0.2) is 0 Å². The lowest BCUT2D eigenvalue weighted by Crippen LogP contribution is -2.40. The quantitative estimate of drug-likeness (QED) is 0.516. The van der Waals surface area contributed by atoms with Crippen LogP contribution in [0.1, 0.15) is 13.3 Å². The molecule has 0 saturated carbocycles. The number of ketones is 1. The van der Waals surface area contributed by atoms with Crippen LogP contribution in [0.3, 0.4) is 0 Å². The standard InChI is InChI=1S/C11H17NOS/c1-3-7-14-8-6-12-5-4-11(13)10(2)9-12/h1,10H,4-9H2,2H3. The first-order valence-electron chi connectivity index (χ1n) is 5.00. The number of nitrogens with zero attached hydrogens (tertiary/aromatic N) is 1. The van der Waals surface area contributed by atoms with Crippen molar-refractivity contribution in [2.75, 3.05) is 31.1 Å². The average molecular weight is 211 g/mol. The van der Waals surface area contributed by atoms with E-state index in [0.717, 1.165) is 37.6 Å². The van der Waals surface area contributed by atoms with Crippen molar-refractivity contribution >= 4 is 17.5 Å². The lowest BCUT2D eigenvalue weighted by Gasteiger charge is -2.29. The molecule has 1 rings (SSSR count). The van der Waals surface area contributed by atoms with Crippen LogP contribution >= 0.6 is 11.8 Å². The molecular weight excluding hydrogens is 194 g/mol. The van der Waals surface area contributed by atoms with E-state index < -0.39 is 0 Å². The van der Waals surface area contributed by atoms with E-state index in [0.29, 0.717) is 5.78 Å². The summed E-state index contributed by atoms with van der Waals surface area (Å²) in [6, 6.07) is 0. The second-order valence-corrected chi connectivity index (χ2v) is 4.78. The molecule has 0 aromatic heterocycles. The summed E-state index contributed by atoms with van der Waals surface area (Å²) in [5.41, 5.74) is 0. The van der Waals surface area contributed by atoms with Gasteiger partial charge in [0.15, 0.2) is 0 Å². The molecule has 1 unspecified atom stereocenters. The molecule has 1 heterocycles. The normalized spacial score (nSPS) is 23.4. The number of hydrogen-bond acceptors (Lipinski definition) is 3. The van der Waals surface area contributed by atoms with Gasteiger partial charge in [0.05, 0.1) is 5.75 Å². The maximum absolute atomic E-state index is 11.3. The monoisotopic (exact) mass is 211 g/mol. The Labute approximate surface area is 90.4 Å². The Morgan fingerprint density at radius 1 is 1.71 bits per heavy atom. The van der Waals surface area contributed by atoms with Crippen LogP contribution in [-0.4, -0.2) is 41.8 Å². The Hall–Kier alpha value is -0.460. The molecule has 0 amide bonds. The first kappa shape index (κ1) is 11.6. The van der Waals surface area contributed by atoms with Gasteiger partial charge in [-0.2, -0.15) is 0 Å². The highest BCUT2D eigenvalue weighted by Crippen LogP contribution is 2.12. The molecule has 0 aliphatic carbocycles. The van der Waals surface area contributed by atoms with Crippen molar-refractivity contribution in [1.29, 1.82) is 0 Å². The van der Waals surface area contributed by atoms with E-state index in [-0.39, 0.29) is 5.92 Å². The highest BCUT2D eigenvalue weighted by Gasteiger charge is 2.22. The number of terminal acetylenes is 1. The van der Waals surface area contributed by atoms with Crippen LogP contribution < -0.4 is 0 Å². The number of carbonyl (C=O) groups excluding carboxylic acids is 1. The highest BCUT2D eigenvalue weighted by atomic mass is 32.2. The third-order valence-electron chi connectivity index (χ3n) is 2.49. The summed E-state index contributed by atoms with van der Waals surface area (Å²) >= 11 is 1.79. The number of piperidine rings is 1. The van der Waals surface area contributed by atoms with Crippen molar-refractivity contribution in [1.82, 2.24) is 4.90 Å². The summed E-state index contributed by atoms with van der Waals surface area (Å²) < 4.78 is 0. The van der Waals surface area contributed by atoms with Crippen molar-refractivity contribution in [3.05, 3.63) is 0 Å². The van der Waals surface area contributed by atoms with Gasteiger partial charge in [-0.3, -0.25) is 4.79 Å². The average Bonchev–Trinajstić information content (AvgIpc) is 2.18. The molecule has 2 nitrogen and oxygen atoms in total. The predicted octanol–water partition coefficient (Wildman–Crippen LogP) is 1.26. The minimum absolute atomic E-state index is 0.224. The van der Waals surface area contributed by atoms with E-state index in [1.165, 1.54) is 0 Å². The summed E-state index contributed by atoms with van der Waals surface area (Å²) in [4.78, 5) is 13.6. The fraction of sp³-hybridized carbons (Fsp3) is 0.727. The zero-order valence-electron chi connectivity index (χ0n) is 8.66. The van der Waals surface area contributed by atoms with Gasteiger partial charge in [-0.15, -0.1) is 18.2 Å². The third-order valence-corrected chi connectivity index (χ3v) is 3.34. The van der Waals surface area contributed by atoms with E-state index >= 15 is 0 Å². The van der Waals surface area contributed by atoms with Gasteiger partial charge in [-0.1, -0.05) is 12.8 Å². The van der Waals surface area contributed by atoms with E-state index in [9.17, 15) is 4.79 Å². The number of Topliss-reactive ketones (excluding diaryl/α,β-unsaturated/α-hetero) is 1. The Morgan fingerprint density at radius 3 is 3.14 bits per heavy atom. The zero-order chi connectivity index (χ0) is 10.4. The van der Waals surface area contributed by atoms with Gasteiger partial charge in [-0.25, -0.2) is 0 Å². The molecule has 0 bridgehead atoms. The first-order chi connectivity index (χ1) is 6.74. The van der Waals surface area contributed by atoms with Gasteiger partial charge in [0, 0.05) is 37.7 Å². The van der Waals surface area contributed by atoms with Gasteiger partial charge in [0.2, 0.25) is 0 Å². The molecule has 0 N–H and O–H groups in total. The molecule has 0 aromatic rings. The largest absolute Gasteiger partial charge is 0.301 e. The molecule has 0 aromatic carbocycles. The van der Waals surface area contributed by atoms with Crippen molar-refractivity contribution in [3.63, 3.8) is 0 Å². The Balaban J connectivity index is 2.14. The SMILES string of the molecule is C#CCSCCN1CCC(=O)C(C)C1. The Morgan fingerprint density at radius 2 is 2.50 bits per heavy atom. The molecule has 14 heavy (non-hydrogen) atoms. The van der Waals surface area contributed by atoms with Crippen molar-refractivity contribution < 1.29 is 4.79 Å². The summed E-state index contributed by atoms with van der Waals surface area (Å²) in [7, 11) is 0. The lowest BCUT2D eigenvalue weighted by atomic mass is 9.99. The van der Waals surface area contributed by atoms with Crippen LogP contribution in [0, 0.1) is 18.3 Å². The summed E-state index contributed by atoms with van der Waals surface area (Å²) in [5.74, 6) is 5.12. The van der Waals surface area contributed by atoms with E-state index in [1.807, 2.05) is 6.92 Å². The highest BCUT2D eigenvalue weighted by molar-refractivity contribution is 7.99. The van der Waals surface area contributed by atoms with Crippen molar-refractivity contribution in [2.24, 2.45) is 5.92 Å². The smallest absolute Gasteiger partial charge is 0.138 e. The van der Waals surface area contributed by atoms with Crippen LogP contribution in [-0.2, 0) is 4.79 Å². The Kier molecular flexibility index (Phi) is 5.06. The van der Waals surface area contributed by atoms with Crippen LogP contribution in [0.25, 0.3) is 0 Å². The van der Waals surface area contributed by atoms with Crippen LogP contribution in [0.5, 0.6) is 0 Å². The second-order valence-electron chi connectivity index (χ2n) is 3.67. The van der Waals surface area contributed by atoms with Gasteiger partial charge in [0.25, 0.3) is 0 Å². The zero-order valence-corrected chi connectivity index (χ0v) is 9.48. The topological polar surface area (TPSA) is 20.3 Å². The summed E-state index contributed by atoms with van der Waals surface area (Å²) in [5, 5.41) is 0. The van der Waals surface area contributed by atoms with Gasteiger partial charge in [0.1, 0.15) is 5.78 Å². The van der Waals surface area contributed by atoms with Crippen molar-refractivity contribution in [3.8, 4) is 12.3 Å². The lowest BCUT2D eigenvalue weighted by molar-refractivity contribution is -0.125. The summed E-state index contributed by atoms with van der Waals surface area (Å²) in [6.07, 6.45) is 5.88. The fourth-order valence-electron chi connectivity index (χ4n) is 1.62. The number of rotatable bonds is 4. The van der Waals surface area contributed by atoms with E-state index in [4.69, 9.17) is 6.42 Å². The second kappa shape index (κ2) is 6.10. The van der Waals surface area contributed by atoms with Crippen LogP contribution in [0.4, 0.5) is 0 Å². The number of likely N-dealkylation sites (tertiary alicyclic amines) is 1. The van der Waals surface area contributed by atoms with E-state index in [1.54, 1.807) is 11.8 Å². The molecule has 0 radical (unpaired) electrons. The third kappa shape index (κ3) is 3.73. The molecule has 1 atom stereocenters. The number of carbonyl (C=O) groups is 1. The fourth-order valence-corrected chi connectivity index (χ4v) is 2.27. The number of thioether (sulfide) groups is 1. The Bertz CT molecular complexity index is 234. The van der Waals surface area contributed by atoms with Crippen LogP contribution in [0.2, 0.25) is 0 Å². The predicted molar refractivity (Wildman–Crippen MR) is 61.4 cm³/mol. The minimum Gasteiger partial charge on any atom is -0.301 e. The van der Waals surface area contributed by atoms with E-state index in [2.05, 4.69) is 10.8 Å². The number of hydrogen-bond donors (Lipinski definition) is 0. The first-order valence-corrected chi connectivity index (χ1v) is 6.15. The molecular formula is C11H17NOS. The van der Waals surface area contributed by atoms with Gasteiger partial charge < -0.3 is 4.90 Å². The molecule has 78 valence electrons. The molecule has 1 aliphatic heterocycles. The van der Waals surface area contributed by atoms with Gasteiger partial charge >= 0.3 is 0 Å². The molecule has 0 spiro atoms. The molecule has 3 heteroatoms.